The van der Waals surface area contributed by atoms with Crippen molar-refractivity contribution in [1.82, 2.24) is 4.90 Å². The number of thiocarbonyl (C=S) groups is 1. The Hall–Kier alpha value is -3.60. The smallest absolute Gasteiger partial charge is 0.327 e. The molecule has 1 aromatic heterocycles. The SMILES string of the molecule is COc1cc(OC)cc(-c2cc(CCCOC(=O)C(N)c3ccccc3)c(C=C3SC(=S)N(C4CC5CCC4C5)C3=O)o2)c1. The molecule has 2 heterocycles. The second-order valence-corrected chi connectivity index (χ2v) is 13.2. The number of furan rings is 1. The van der Waals surface area contributed by atoms with Gasteiger partial charge >= 0.3 is 5.97 Å². The summed E-state index contributed by atoms with van der Waals surface area (Å²) in [6, 6.07) is 16.0. The van der Waals surface area contributed by atoms with Gasteiger partial charge in [0.05, 0.1) is 25.7 Å². The fraction of sp³-hybridized carbons (Fsp3) is 0.382. The van der Waals surface area contributed by atoms with E-state index >= 15 is 0 Å². The Morgan fingerprint density at radius 2 is 1.86 bits per heavy atom. The summed E-state index contributed by atoms with van der Waals surface area (Å²) in [6.07, 6.45) is 7.55. The number of nitrogens with two attached hydrogens (primary N) is 1. The number of hydrogen-bond donors (Lipinski definition) is 1. The second-order valence-electron chi connectivity index (χ2n) is 11.6. The van der Waals surface area contributed by atoms with Gasteiger partial charge in [0.25, 0.3) is 5.91 Å². The van der Waals surface area contributed by atoms with Crippen molar-refractivity contribution in [2.45, 2.75) is 50.6 Å². The minimum atomic E-state index is -0.840. The molecule has 2 aliphatic carbocycles. The van der Waals surface area contributed by atoms with E-state index in [-0.39, 0.29) is 18.6 Å². The maximum absolute atomic E-state index is 13.7. The van der Waals surface area contributed by atoms with Crippen molar-refractivity contribution in [1.29, 1.82) is 0 Å². The normalized spacial score (nSPS) is 22.6. The summed E-state index contributed by atoms with van der Waals surface area (Å²) in [4.78, 5) is 28.6. The highest BCUT2D eigenvalue weighted by molar-refractivity contribution is 8.26. The van der Waals surface area contributed by atoms with E-state index in [0.29, 0.717) is 62.5 Å². The molecule has 8 nitrogen and oxygen atoms in total. The molecular weight excluding hydrogens is 597 g/mol. The zero-order chi connectivity index (χ0) is 30.8. The van der Waals surface area contributed by atoms with Crippen LogP contribution in [0, 0.1) is 11.8 Å². The average molecular weight is 633 g/mol. The van der Waals surface area contributed by atoms with Gasteiger partial charge in [0.15, 0.2) is 0 Å². The Labute approximate surface area is 266 Å². The molecule has 230 valence electrons. The van der Waals surface area contributed by atoms with Gasteiger partial charge in [0.1, 0.15) is 33.4 Å². The maximum Gasteiger partial charge on any atom is 0.327 e. The lowest BCUT2D eigenvalue weighted by Crippen LogP contribution is -2.41. The minimum Gasteiger partial charge on any atom is -0.497 e. The first kappa shape index (κ1) is 30.4. The lowest BCUT2D eigenvalue weighted by molar-refractivity contribution is -0.145. The Kier molecular flexibility index (Phi) is 9.11. The molecular formula is C34H36N2O6S2. The molecule has 3 aliphatic rings. The lowest BCUT2D eigenvalue weighted by atomic mass is 9.94. The number of methoxy groups -OCH3 is 2. The summed E-state index contributed by atoms with van der Waals surface area (Å²) < 4.78 is 23.4. The zero-order valence-corrected chi connectivity index (χ0v) is 26.5. The number of carbonyl (C=O) groups is 2. The van der Waals surface area contributed by atoms with E-state index in [9.17, 15) is 9.59 Å². The Morgan fingerprint density at radius 3 is 2.52 bits per heavy atom. The van der Waals surface area contributed by atoms with Crippen LogP contribution in [0.4, 0.5) is 0 Å². The molecule has 4 unspecified atom stereocenters. The topological polar surface area (TPSA) is 104 Å². The van der Waals surface area contributed by atoms with Gasteiger partial charge in [0, 0.05) is 23.7 Å². The van der Waals surface area contributed by atoms with E-state index in [0.717, 1.165) is 17.5 Å². The van der Waals surface area contributed by atoms with Crippen LogP contribution < -0.4 is 15.2 Å². The van der Waals surface area contributed by atoms with E-state index in [1.807, 2.05) is 41.3 Å². The standard InChI is InChI=1S/C34H36N2O6S2/c1-39-25-15-24(16-26(18-25)40-2)28-17-23(9-6-12-41-33(38)31(35)21-7-4-3-5-8-21)29(42-28)19-30-32(37)36(34(43)44-30)27-14-20-10-11-22(27)13-20/h3-5,7-8,15-20,22,27,31H,6,9-14,35H2,1-2H3. The van der Waals surface area contributed by atoms with E-state index in [4.69, 9.17) is 36.6 Å². The van der Waals surface area contributed by atoms with E-state index in [1.54, 1.807) is 38.5 Å². The molecule has 1 saturated heterocycles. The monoisotopic (exact) mass is 632 g/mol. The molecule has 44 heavy (non-hydrogen) atoms. The number of aryl methyl sites for hydroxylation is 1. The molecule has 2 aromatic carbocycles. The molecule has 2 N–H and O–H groups in total. The summed E-state index contributed by atoms with van der Waals surface area (Å²) in [5.41, 5.74) is 8.46. The van der Waals surface area contributed by atoms with Gasteiger partial charge in [-0.25, -0.2) is 4.79 Å². The Bertz CT molecular complexity index is 1560. The van der Waals surface area contributed by atoms with Crippen LogP contribution >= 0.6 is 24.0 Å². The summed E-state index contributed by atoms with van der Waals surface area (Å²) in [6.45, 7) is 0.193. The van der Waals surface area contributed by atoms with Crippen molar-refractivity contribution in [2.75, 3.05) is 20.8 Å². The predicted octanol–water partition coefficient (Wildman–Crippen LogP) is 6.53. The molecule has 2 bridgehead atoms. The minimum absolute atomic E-state index is 0.0478. The molecule has 0 radical (unpaired) electrons. The fourth-order valence-corrected chi connectivity index (χ4v) is 7.93. The van der Waals surface area contributed by atoms with Gasteiger partial charge in [-0.05, 0) is 73.3 Å². The number of ether oxygens (including phenoxy) is 3. The van der Waals surface area contributed by atoms with Crippen LogP contribution in [0.2, 0.25) is 0 Å². The summed E-state index contributed by atoms with van der Waals surface area (Å²) >= 11 is 7.05. The first-order valence-corrected chi connectivity index (χ1v) is 16.2. The summed E-state index contributed by atoms with van der Waals surface area (Å²) in [7, 11) is 3.20. The summed E-state index contributed by atoms with van der Waals surface area (Å²) in [5, 5.41) is 0. The number of benzene rings is 2. The van der Waals surface area contributed by atoms with Crippen LogP contribution in [0.3, 0.4) is 0 Å². The average Bonchev–Trinajstić information content (AvgIpc) is 3.83. The Morgan fingerprint density at radius 1 is 1.11 bits per heavy atom. The van der Waals surface area contributed by atoms with Gasteiger partial charge in [-0.3, -0.25) is 9.69 Å². The molecule has 1 aliphatic heterocycles. The first-order chi connectivity index (χ1) is 21.3. The Balaban J connectivity index is 1.22. The van der Waals surface area contributed by atoms with Gasteiger partial charge in [-0.15, -0.1) is 0 Å². The van der Waals surface area contributed by atoms with E-state index in [1.165, 1.54) is 31.0 Å². The molecule has 10 heteroatoms. The van der Waals surface area contributed by atoms with Crippen molar-refractivity contribution in [2.24, 2.45) is 17.6 Å². The largest absolute Gasteiger partial charge is 0.497 e. The van der Waals surface area contributed by atoms with E-state index < -0.39 is 12.0 Å². The third kappa shape index (κ3) is 6.29. The van der Waals surface area contributed by atoms with Crippen molar-refractivity contribution in [3.63, 3.8) is 0 Å². The highest BCUT2D eigenvalue weighted by Crippen LogP contribution is 2.49. The van der Waals surface area contributed by atoms with Crippen LogP contribution in [0.25, 0.3) is 17.4 Å². The number of fused-ring (bicyclic) bond motifs is 2. The van der Waals surface area contributed by atoms with Gasteiger partial charge in [-0.2, -0.15) is 0 Å². The van der Waals surface area contributed by atoms with Crippen LogP contribution in [-0.2, 0) is 20.7 Å². The third-order valence-corrected chi connectivity index (χ3v) is 10.2. The fourth-order valence-electron chi connectivity index (χ4n) is 6.59. The van der Waals surface area contributed by atoms with Crippen molar-refractivity contribution < 1.29 is 28.2 Å². The third-order valence-electron chi connectivity index (χ3n) is 8.84. The number of hydrogen-bond acceptors (Lipinski definition) is 9. The number of rotatable bonds is 11. The van der Waals surface area contributed by atoms with Crippen LogP contribution in [-0.4, -0.2) is 48.0 Å². The molecule has 2 saturated carbocycles. The number of amides is 1. The molecule has 0 spiro atoms. The highest BCUT2D eigenvalue weighted by atomic mass is 32.2. The first-order valence-electron chi connectivity index (χ1n) is 14.9. The van der Waals surface area contributed by atoms with Crippen LogP contribution in [0.5, 0.6) is 11.5 Å². The predicted molar refractivity (Wildman–Crippen MR) is 174 cm³/mol. The number of carbonyl (C=O) groups excluding carboxylic acids is 2. The molecule has 6 rings (SSSR count). The van der Waals surface area contributed by atoms with Crippen molar-refractivity contribution in [3.05, 3.63) is 76.4 Å². The van der Waals surface area contributed by atoms with E-state index in [2.05, 4.69) is 0 Å². The summed E-state index contributed by atoms with van der Waals surface area (Å²) in [5.74, 6) is 3.16. The van der Waals surface area contributed by atoms with Gasteiger partial charge in [-0.1, -0.05) is 60.7 Å². The second kappa shape index (κ2) is 13.2. The van der Waals surface area contributed by atoms with Crippen molar-refractivity contribution in [3.8, 4) is 22.8 Å². The molecule has 1 amide bonds. The van der Waals surface area contributed by atoms with Gasteiger partial charge < -0.3 is 24.4 Å². The van der Waals surface area contributed by atoms with Crippen molar-refractivity contribution >= 4 is 46.3 Å². The molecule has 3 fully saturated rings. The number of nitrogens with zero attached hydrogens (tertiary/aromatic N) is 1. The van der Waals surface area contributed by atoms with Crippen LogP contribution in [0.15, 0.2) is 63.9 Å². The highest BCUT2D eigenvalue weighted by Gasteiger charge is 2.48. The number of esters is 1. The molecule has 3 aromatic rings. The number of thioether (sulfide) groups is 1. The van der Waals surface area contributed by atoms with Gasteiger partial charge in [0.2, 0.25) is 0 Å². The lowest BCUT2D eigenvalue weighted by Gasteiger charge is -2.30. The zero-order valence-electron chi connectivity index (χ0n) is 24.8. The molecule has 4 atom stereocenters. The maximum atomic E-state index is 13.7. The van der Waals surface area contributed by atoms with Crippen LogP contribution in [0.1, 0.15) is 55.0 Å². The quantitative estimate of drug-likeness (QED) is 0.109.